The lowest BCUT2D eigenvalue weighted by Crippen LogP contribution is -2.45. The highest BCUT2D eigenvalue weighted by molar-refractivity contribution is 4.81. The summed E-state index contributed by atoms with van der Waals surface area (Å²) in [6.45, 7) is 0. The van der Waals surface area contributed by atoms with Gasteiger partial charge in [-0.25, -0.2) is 0 Å². The van der Waals surface area contributed by atoms with Crippen LogP contribution in [-0.2, 0) is 0 Å². The van der Waals surface area contributed by atoms with Crippen LogP contribution in [0, 0.1) is 0 Å². The van der Waals surface area contributed by atoms with E-state index in [4.69, 9.17) is 11.5 Å². The van der Waals surface area contributed by atoms with E-state index in [0.717, 1.165) is 12.8 Å². The lowest BCUT2D eigenvalue weighted by atomic mass is 9.89. The average molecular weight is 130 g/mol. The van der Waals surface area contributed by atoms with Gasteiger partial charge >= 0.3 is 0 Å². The van der Waals surface area contributed by atoms with E-state index < -0.39 is 5.72 Å². The van der Waals surface area contributed by atoms with Crippen molar-refractivity contribution in [2.24, 2.45) is 11.5 Å². The molecule has 1 aliphatic rings. The maximum atomic E-state index is 9.21. The first-order chi connectivity index (χ1) is 4.10. The molecular formula is C6H14N2O. The summed E-state index contributed by atoms with van der Waals surface area (Å²) in [5.41, 5.74) is 10.1. The second kappa shape index (κ2) is 2.25. The Morgan fingerprint density at radius 1 is 1.33 bits per heavy atom. The van der Waals surface area contributed by atoms with Gasteiger partial charge in [0.2, 0.25) is 0 Å². The Labute approximate surface area is 55.0 Å². The highest BCUT2D eigenvalue weighted by Gasteiger charge is 2.26. The third-order valence-electron chi connectivity index (χ3n) is 1.90. The summed E-state index contributed by atoms with van der Waals surface area (Å²) in [6, 6.07) is 0.258. The summed E-state index contributed by atoms with van der Waals surface area (Å²) in [6.07, 6.45) is 3.00. The van der Waals surface area contributed by atoms with Crippen LogP contribution >= 0.6 is 0 Å². The molecule has 0 atom stereocenters. The van der Waals surface area contributed by atoms with Gasteiger partial charge in [-0.1, -0.05) is 0 Å². The van der Waals surface area contributed by atoms with E-state index >= 15 is 0 Å². The van der Waals surface area contributed by atoms with E-state index in [2.05, 4.69) is 0 Å². The van der Waals surface area contributed by atoms with Crippen molar-refractivity contribution in [2.45, 2.75) is 37.5 Å². The van der Waals surface area contributed by atoms with Crippen molar-refractivity contribution in [3.05, 3.63) is 0 Å². The van der Waals surface area contributed by atoms with Crippen LogP contribution in [-0.4, -0.2) is 16.9 Å². The zero-order valence-corrected chi connectivity index (χ0v) is 5.51. The van der Waals surface area contributed by atoms with Crippen LogP contribution in [0.5, 0.6) is 0 Å². The maximum absolute atomic E-state index is 9.21. The van der Waals surface area contributed by atoms with Crippen molar-refractivity contribution in [3.8, 4) is 0 Å². The molecule has 0 bridgehead atoms. The molecule has 1 saturated carbocycles. The smallest absolute Gasteiger partial charge is 0.113 e. The van der Waals surface area contributed by atoms with Gasteiger partial charge in [0, 0.05) is 6.04 Å². The summed E-state index contributed by atoms with van der Waals surface area (Å²) < 4.78 is 0. The molecule has 1 rings (SSSR count). The van der Waals surface area contributed by atoms with E-state index in [1.807, 2.05) is 0 Å². The van der Waals surface area contributed by atoms with Gasteiger partial charge in [-0.15, -0.1) is 0 Å². The molecular weight excluding hydrogens is 116 g/mol. The first kappa shape index (κ1) is 6.99. The van der Waals surface area contributed by atoms with Gasteiger partial charge < -0.3 is 16.6 Å². The lowest BCUT2D eigenvalue weighted by molar-refractivity contribution is 0.00589. The van der Waals surface area contributed by atoms with E-state index in [-0.39, 0.29) is 6.04 Å². The summed E-state index contributed by atoms with van der Waals surface area (Å²) in [4.78, 5) is 0. The third kappa shape index (κ3) is 1.93. The Hall–Kier alpha value is -0.120. The minimum Gasteiger partial charge on any atom is -0.376 e. The van der Waals surface area contributed by atoms with Crippen molar-refractivity contribution in [1.82, 2.24) is 0 Å². The number of nitrogens with two attached hydrogens (primary N) is 2. The quantitative estimate of drug-likeness (QED) is 0.388. The van der Waals surface area contributed by atoms with Crippen LogP contribution in [0.25, 0.3) is 0 Å². The van der Waals surface area contributed by atoms with Gasteiger partial charge in [0.05, 0.1) is 0 Å². The van der Waals surface area contributed by atoms with Gasteiger partial charge in [0.15, 0.2) is 0 Å². The van der Waals surface area contributed by atoms with Crippen LogP contribution in [0.3, 0.4) is 0 Å². The number of hydrogen-bond donors (Lipinski definition) is 3. The largest absolute Gasteiger partial charge is 0.376 e. The Kier molecular flexibility index (Phi) is 1.75. The molecule has 1 fully saturated rings. The van der Waals surface area contributed by atoms with Gasteiger partial charge in [-0.05, 0) is 25.7 Å². The summed E-state index contributed by atoms with van der Waals surface area (Å²) in [7, 11) is 0. The molecule has 0 radical (unpaired) electrons. The number of hydrogen-bond acceptors (Lipinski definition) is 3. The molecule has 9 heavy (non-hydrogen) atoms. The van der Waals surface area contributed by atoms with Crippen molar-refractivity contribution < 1.29 is 5.11 Å². The molecule has 0 aromatic carbocycles. The van der Waals surface area contributed by atoms with Crippen LogP contribution in [0.4, 0.5) is 0 Å². The lowest BCUT2D eigenvalue weighted by Gasteiger charge is -2.30. The fourth-order valence-corrected chi connectivity index (χ4v) is 1.14. The Morgan fingerprint density at radius 3 is 2.11 bits per heavy atom. The SMILES string of the molecule is NC1CCC(N)(O)CC1. The molecule has 0 aromatic rings. The summed E-state index contributed by atoms with van der Waals surface area (Å²) in [5, 5.41) is 9.21. The van der Waals surface area contributed by atoms with Crippen LogP contribution < -0.4 is 11.5 Å². The van der Waals surface area contributed by atoms with E-state index in [9.17, 15) is 5.11 Å². The molecule has 54 valence electrons. The van der Waals surface area contributed by atoms with E-state index in [1.54, 1.807) is 0 Å². The zero-order valence-electron chi connectivity index (χ0n) is 5.51. The molecule has 0 amide bonds. The third-order valence-corrected chi connectivity index (χ3v) is 1.90. The second-order valence-corrected chi connectivity index (χ2v) is 2.94. The maximum Gasteiger partial charge on any atom is 0.113 e. The Bertz CT molecular complexity index is 93.2. The van der Waals surface area contributed by atoms with E-state index in [0.29, 0.717) is 12.8 Å². The fraction of sp³-hybridized carbons (Fsp3) is 1.00. The van der Waals surface area contributed by atoms with Gasteiger partial charge in [0.25, 0.3) is 0 Å². The molecule has 5 N–H and O–H groups in total. The molecule has 0 unspecified atom stereocenters. The second-order valence-electron chi connectivity index (χ2n) is 2.94. The predicted octanol–water partition coefficient (Wildman–Crippen LogP) is -0.465. The van der Waals surface area contributed by atoms with Crippen LogP contribution in [0.2, 0.25) is 0 Å². The Morgan fingerprint density at radius 2 is 1.78 bits per heavy atom. The number of rotatable bonds is 0. The molecule has 0 heterocycles. The standard InChI is InChI=1S/C6H14N2O/c7-5-1-3-6(8,9)4-2-5/h5,9H,1-4,7-8H2. The van der Waals surface area contributed by atoms with Crippen LogP contribution in [0.1, 0.15) is 25.7 Å². The normalized spacial score (nSPS) is 45.0. The van der Waals surface area contributed by atoms with Crippen molar-refractivity contribution in [3.63, 3.8) is 0 Å². The average Bonchev–Trinajstić information content (AvgIpc) is 1.78. The van der Waals surface area contributed by atoms with Crippen molar-refractivity contribution >= 4 is 0 Å². The predicted molar refractivity (Wildman–Crippen MR) is 35.6 cm³/mol. The van der Waals surface area contributed by atoms with E-state index in [1.165, 1.54) is 0 Å². The molecule has 0 aliphatic heterocycles. The summed E-state index contributed by atoms with van der Waals surface area (Å²) >= 11 is 0. The van der Waals surface area contributed by atoms with Gasteiger partial charge in [-0.2, -0.15) is 0 Å². The molecule has 0 saturated heterocycles. The minimum absolute atomic E-state index is 0.258. The first-order valence-electron chi connectivity index (χ1n) is 3.37. The first-order valence-corrected chi connectivity index (χ1v) is 3.37. The van der Waals surface area contributed by atoms with Crippen LogP contribution in [0.15, 0.2) is 0 Å². The number of aliphatic hydroxyl groups is 1. The molecule has 3 heteroatoms. The highest BCUT2D eigenvalue weighted by atomic mass is 16.3. The summed E-state index contributed by atoms with van der Waals surface area (Å²) in [5.74, 6) is 0. The molecule has 0 spiro atoms. The highest BCUT2D eigenvalue weighted by Crippen LogP contribution is 2.22. The minimum atomic E-state index is -0.921. The van der Waals surface area contributed by atoms with Crippen molar-refractivity contribution in [1.29, 1.82) is 0 Å². The van der Waals surface area contributed by atoms with Gasteiger partial charge in [0.1, 0.15) is 5.72 Å². The molecule has 0 aromatic heterocycles. The topological polar surface area (TPSA) is 72.3 Å². The molecule has 1 aliphatic carbocycles. The monoisotopic (exact) mass is 130 g/mol. The van der Waals surface area contributed by atoms with Crippen molar-refractivity contribution in [2.75, 3.05) is 0 Å². The van der Waals surface area contributed by atoms with Gasteiger partial charge in [-0.3, -0.25) is 0 Å². The Balaban J connectivity index is 2.35. The molecule has 3 nitrogen and oxygen atoms in total. The zero-order chi connectivity index (χ0) is 6.91. The fourth-order valence-electron chi connectivity index (χ4n) is 1.14.